The van der Waals surface area contributed by atoms with Crippen molar-refractivity contribution in [2.24, 2.45) is 11.8 Å². The number of unbranched alkanes of at least 4 members (excludes halogenated alkanes) is 17. The summed E-state index contributed by atoms with van der Waals surface area (Å²) in [4.78, 5) is 53.0. The van der Waals surface area contributed by atoms with Gasteiger partial charge in [0.15, 0.2) is 6.10 Å². The number of esters is 2. The molecule has 7 N–H and O–H groups in total. The second kappa shape index (κ2) is 35.7. The van der Waals surface area contributed by atoms with Crippen molar-refractivity contribution in [1.29, 1.82) is 0 Å². The SMILES string of the molecule is CCCCCCCCCCCCCCCCCC(=O)O[C@H](COC(=O)CCC/C=C/C[C@@H]1[C@@H](/C=C/[C@@H](O)CCCCC)[C@H](O)C[C@@H]1O)COP(=O)(O)OC[C@@H](O)COP(=O)(O)O. The third kappa shape index (κ3) is 32.2. The highest BCUT2D eigenvalue weighted by molar-refractivity contribution is 7.47. The normalized spacial score (nSPS) is 20.7. The molecule has 0 bridgehead atoms. The summed E-state index contributed by atoms with van der Waals surface area (Å²) in [5, 5.41) is 41.1. The van der Waals surface area contributed by atoms with Gasteiger partial charge in [-0.05, 0) is 38.0 Å². The van der Waals surface area contributed by atoms with Crippen LogP contribution in [0.25, 0.3) is 0 Å². The molecule has 0 heterocycles. The largest absolute Gasteiger partial charge is 0.472 e. The quantitative estimate of drug-likeness (QED) is 0.0132. The smallest absolute Gasteiger partial charge is 0.462 e. The lowest BCUT2D eigenvalue weighted by Gasteiger charge is -2.20. The zero-order valence-corrected chi connectivity index (χ0v) is 39.3. The Morgan fingerprint density at radius 3 is 1.77 bits per heavy atom. The molecule has 1 saturated carbocycles. The van der Waals surface area contributed by atoms with Gasteiger partial charge in [-0.3, -0.25) is 23.2 Å². The van der Waals surface area contributed by atoms with E-state index in [1.54, 1.807) is 6.08 Å². The van der Waals surface area contributed by atoms with Crippen molar-refractivity contribution in [3.63, 3.8) is 0 Å². The average molecular weight is 929 g/mol. The third-order valence-corrected chi connectivity index (χ3v) is 12.3. The zero-order chi connectivity index (χ0) is 46.1. The van der Waals surface area contributed by atoms with Crippen LogP contribution in [0.1, 0.15) is 174 Å². The number of rotatable bonds is 40. The number of phosphoric ester groups is 2. The first-order valence-electron chi connectivity index (χ1n) is 23.3. The minimum absolute atomic E-state index is 0.0210. The summed E-state index contributed by atoms with van der Waals surface area (Å²) in [6.45, 7) is 1.41. The number of carbonyl (C=O) groups excluding carboxylic acids is 2. The summed E-state index contributed by atoms with van der Waals surface area (Å²) < 4.78 is 47.8. The molecule has 0 amide bonds. The van der Waals surface area contributed by atoms with Gasteiger partial charge in [0.2, 0.25) is 0 Å². The van der Waals surface area contributed by atoms with Crippen molar-refractivity contribution in [1.82, 2.24) is 0 Å². The van der Waals surface area contributed by atoms with Crippen molar-refractivity contribution in [3.05, 3.63) is 24.3 Å². The Balaban J connectivity index is 2.54. The molecule has 0 aromatic heterocycles. The lowest BCUT2D eigenvalue weighted by atomic mass is 9.89. The lowest BCUT2D eigenvalue weighted by molar-refractivity contribution is -0.161. The topological polar surface area (TPSA) is 256 Å². The molecule has 0 spiro atoms. The number of aliphatic hydroxyl groups is 4. The first-order valence-corrected chi connectivity index (χ1v) is 26.3. The predicted molar refractivity (Wildman–Crippen MR) is 237 cm³/mol. The van der Waals surface area contributed by atoms with E-state index < -0.39 is 84.5 Å². The van der Waals surface area contributed by atoms with Crippen LogP contribution in [0.5, 0.6) is 0 Å². The van der Waals surface area contributed by atoms with E-state index in [1.165, 1.54) is 64.2 Å². The van der Waals surface area contributed by atoms with Crippen LogP contribution in [0.4, 0.5) is 0 Å². The Hall–Kier alpha value is -1.52. The zero-order valence-electron chi connectivity index (χ0n) is 37.6. The first kappa shape index (κ1) is 58.5. The molecule has 364 valence electrons. The second-order valence-corrected chi connectivity index (χ2v) is 19.3. The van der Waals surface area contributed by atoms with Gasteiger partial charge in [0.25, 0.3) is 0 Å². The lowest BCUT2D eigenvalue weighted by Crippen LogP contribution is -2.30. The maximum absolute atomic E-state index is 12.7. The Kier molecular flexibility index (Phi) is 33.7. The fourth-order valence-electron chi connectivity index (χ4n) is 7.28. The van der Waals surface area contributed by atoms with Crippen LogP contribution in [0.15, 0.2) is 24.3 Å². The molecule has 8 atom stereocenters. The Bertz CT molecular complexity index is 1310. The minimum Gasteiger partial charge on any atom is -0.462 e. The number of hydrogen-bond acceptors (Lipinski definition) is 13. The van der Waals surface area contributed by atoms with Crippen molar-refractivity contribution >= 4 is 27.6 Å². The van der Waals surface area contributed by atoms with E-state index in [1.807, 2.05) is 18.2 Å². The van der Waals surface area contributed by atoms with E-state index in [2.05, 4.69) is 22.9 Å². The van der Waals surface area contributed by atoms with Crippen LogP contribution in [-0.2, 0) is 41.8 Å². The number of phosphoric acid groups is 2. The van der Waals surface area contributed by atoms with Crippen molar-refractivity contribution in [3.8, 4) is 0 Å². The summed E-state index contributed by atoms with van der Waals surface area (Å²) in [5.41, 5.74) is 0. The van der Waals surface area contributed by atoms with Gasteiger partial charge < -0.3 is 44.6 Å². The van der Waals surface area contributed by atoms with Gasteiger partial charge in [-0.25, -0.2) is 9.13 Å². The minimum atomic E-state index is -4.89. The van der Waals surface area contributed by atoms with Crippen molar-refractivity contribution in [2.75, 3.05) is 26.4 Å². The fraction of sp³-hybridized carbons (Fsp3) is 0.864. The molecule has 1 aliphatic carbocycles. The standard InChI is InChI=1S/C44H82O16P2/c1-3-5-7-8-9-10-11-12-13-14-15-16-17-18-24-28-44(50)60-38(35-59-62(54,55)58-33-37(46)32-57-61(51,52)53)34-56-43(49)27-23-20-19-22-26-39-40(42(48)31-41(39)47)30-29-36(45)25-21-6-4-2/h19,22,29-30,36-42,45-48H,3-18,20-21,23-28,31-35H2,1-2H3,(H,54,55)(H2,51,52,53)/b22-19+,30-29+/t36-,37-,38+,39+,40+,41-,42+/m0/s1. The number of carbonyl (C=O) groups is 2. The molecule has 0 saturated heterocycles. The average Bonchev–Trinajstić information content (AvgIpc) is 3.49. The highest BCUT2D eigenvalue weighted by atomic mass is 31.2. The van der Waals surface area contributed by atoms with Gasteiger partial charge in [0.05, 0.1) is 38.1 Å². The van der Waals surface area contributed by atoms with Gasteiger partial charge in [0.1, 0.15) is 12.7 Å². The van der Waals surface area contributed by atoms with E-state index in [-0.39, 0.29) is 31.1 Å². The van der Waals surface area contributed by atoms with E-state index >= 15 is 0 Å². The van der Waals surface area contributed by atoms with E-state index in [0.717, 1.165) is 44.9 Å². The Morgan fingerprint density at radius 2 is 1.18 bits per heavy atom. The molecule has 1 fully saturated rings. The van der Waals surface area contributed by atoms with Crippen LogP contribution >= 0.6 is 15.6 Å². The summed E-state index contributed by atoms with van der Waals surface area (Å²) >= 11 is 0. The van der Waals surface area contributed by atoms with Crippen LogP contribution in [0.3, 0.4) is 0 Å². The molecule has 0 aromatic rings. The highest BCUT2D eigenvalue weighted by Gasteiger charge is 2.39. The molecule has 1 unspecified atom stereocenters. The maximum Gasteiger partial charge on any atom is 0.472 e. The van der Waals surface area contributed by atoms with E-state index in [4.69, 9.17) is 23.8 Å². The van der Waals surface area contributed by atoms with Crippen molar-refractivity contribution in [2.45, 2.75) is 205 Å². The molecule has 0 aromatic carbocycles. The van der Waals surface area contributed by atoms with Gasteiger partial charge in [-0.2, -0.15) is 0 Å². The van der Waals surface area contributed by atoms with Crippen LogP contribution in [0.2, 0.25) is 0 Å². The summed E-state index contributed by atoms with van der Waals surface area (Å²) in [7, 11) is -9.76. The fourth-order valence-corrected chi connectivity index (χ4v) is 8.44. The number of allylic oxidation sites excluding steroid dienone is 2. The number of hydrogen-bond donors (Lipinski definition) is 7. The maximum atomic E-state index is 12.7. The molecular formula is C44H82O16P2. The molecule has 0 radical (unpaired) electrons. The molecule has 1 rings (SSSR count). The molecule has 1 aliphatic rings. The van der Waals surface area contributed by atoms with Crippen LogP contribution < -0.4 is 0 Å². The van der Waals surface area contributed by atoms with Gasteiger partial charge in [-0.15, -0.1) is 0 Å². The second-order valence-electron chi connectivity index (χ2n) is 16.7. The molecular weight excluding hydrogens is 846 g/mol. The molecule has 0 aliphatic heterocycles. The monoisotopic (exact) mass is 929 g/mol. The van der Waals surface area contributed by atoms with Gasteiger partial charge >= 0.3 is 27.6 Å². The summed E-state index contributed by atoms with van der Waals surface area (Å²) in [6, 6.07) is 0. The number of aliphatic hydroxyl groups excluding tert-OH is 4. The van der Waals surface area contributed by atoms with Gasteiger partial charge in [0, 0.05) is 25.2 Å². The molecule has 62 heavy (non-hydrogen) atoms. The Morgan fingerprint density at radius 1 is 0.645 bits per heavy atom. The molecule has 16 nitrogen and oxygen atoms in total. The third-order valence-electron chi connectivity index (χ3n) is 10.9. The van der Waals surface area contributed by atoms with E-state index in [0.29, 0.717) is 32.1 Å². The van der Waals surface area contributed by atoms with E-state index in [9.17, 15) is 44.0 Å². The van der Waals surface area contributed by atoms with Crippen LogP contribution in [-0.4, -0.2) is 104 Å². The first-order chi connectivity index (χ1) is 29.6. The Labute approximate surface area is 371 Å². The van der Waals surface area contributed by atoms with Crippen LogP contribution in [0, 0.1) is 11.8 Å². The summed E-state index contributed by atoms with van der Waals surface area (Å²) in [5.74, 6) is -1.70. The predicted octanol–water partition coefficient (Wildman–Crippen LogP) is 8.28. The highest BCUT2D eigenvalue weighted by Crippen LogP contribution is 2.44. The molecule has 18 heteroatoms. The van der Waals surface area contributed by atoms with Crippen molar-refractivity contribution < 1.29 is 76.9 Å². The summed E-state index contributed by atoms with van der Waals surface area (Å²) in [6.07, 6.45) is 25.5. The van der Waals surface area contributed by atoms with Gasteiger partial charge in [-0.1, -0.05) is 147 Å². The number of ether oxygens (including phenoxy) is 2.